The molecule has 0 fully saturated rings. The molecule has 0 aromatic heterocycles. The Bertz CT molecular complexity index is 336. The zero-order chi connectivity index (χ0) is 10.6. The zero-order valence-electron chi connectivity index (χ0n) is 7.79. The lowest BCUT2D eigenvalue weighted by molar-refractivity contribution is -0.142. The Hall–Kier alpha value is -1.58. The Morgan fingerprint density at radius 2 is 2.29 bits per heavy atom. The first-order valence-corrected chi connectivity index (χ1v) is 4.26. The number of phenols is 1. The number of aromatic hydroxyl groups is 1. The lowest BCUT2D eigenvalue weighted by atomic mass is 10.1. The van der Waals surface area contributed by atoms with Gasteiger partial charge in [0, 0.05) is 11.6 Å². The van der Waals surface area contributed by atoms with Crippen molar-refractivity contribution in [1.29, 1.82) is 0 Å². The highest BCUT2D eigenvalue weighted by Crippen LogP contribution is 2.18. The molecule has 0 heterocycles. The highest BCUT2D eigenvalue weighted by atomic mass is 19.1. The summed E-state index contributed by atoms with van der Waals surface area (Å²) in [5.74, 6) is -1.19. The third-order valence-corrected chi connectivity index (χ3v) is 1.69. The fraction of sp³-hybridized carbons (Fsp3) is 0.300. The van der Waals surface area contributed by atoms with Crippen LogP contribution >= 0.6 is 0 Å². The largest absolute Gasteiger partial charge is 0.508 e. The molecule has 0 aliphatic carbocycles. The number of benzene rings is 1. The Morgan fingerprint density at radius 3 is 2.86 bits per heavy atom. The van der Waals surface area contributed by atoms with Crippen molar-refractivity contribution in [2.45, 2.75) is 13.3 Å². The highest BCUT2D eigenvalue weighted by Gasteiger charge is 2.08. The van der Waals surface area contributed by atoms with Gasteiger partial charge in [-0.3, -0.25) is 4.79 Å². The Morgan fingerprint density at radius 1 is 1.57 bits per heavy atom. The lowest BCUT2D eigenvalue weighted by Crippen LogP contribution is -2.07. The van der Waals surface area contributed by atoms with Gasteiger partial charge in [0.05, 0.1) is 13.0 Å². The van der Waals surface area contributed by atoms with Crippen LogP contribution in [0.4, 0.5) is 4.39 Å². The van der Waals surface area contributed by atoms with Crippen LogP contribution in [0.2, 0.25) is 0 Å². The van der Waals surface area contributed by atoms with Gasteiger partial charge in [0.15, 0.2) is 0 Å². The van der Waals surface area contributed by atoms with Gasteiger partial charge in [-0.1, -0.05) is 6.07 Å². The van der Waals surface area contributed by atoms with E-state index in [1.165, 1.54) is 12.1 Å². The monoisotopic (exact) mass is 198 g/mol. The van der Waals surface area contributed by atoms with E-state index in [1.54, 1.807) is 6.92 Å². The van der Waals surface area contributed by atoms with Crippen molar-refractivity contribution < 1.29 is 19.0 Å². The predicted molar refractivity (Wildman–Crippen MR) is 48.4 cm³/mol. The van der Waals surface area contributed by atoms with Gasteiger partial charge in [0.1, 0.15) is 11.6 Å². The van der Waals surface area contributed by atoms with E-state index >= 15 is 0 Å². The molecule has 1 N–H and O–H groups in total. The van der Waals surface area contributed by atoms with Gasteiger partial charge >= 0.3 is 5.97 Å². The average Bonchev–Trinajstić information content (AvgIpc) is 2.10. The van der Waals surface area contributed by atoms with Gasteiger partial charge in [-0.2, -0.15) is 0 Å². The maximum Gasteiger partial charge on any atom is 0.310 e. The van der Waals surface area contributed by atoms with Crippen LogP contribution < -0.4 is 0 Å². The van der Waals surface area contributed by atoms with Crippen molar-refractivity contribution in [3.8, 4) is 5.75 Å². The van der Waals surface area contributed by atoms with Crippen molar-refractivity contribution >= 4 is 5.97 Å². The number of rotatable bonds is 3. The number of hydrogen-bond acceptors (Lipinski definition) is 3. The van der Waals surface area contributed by atoms with Gasteiger partial charge in [0.25, 0.3) is 0 Å². The second-order valence-electron chi connectivity index (χ2n) is 2.75. The van der Waals surface area contributed by atoms with Crippen molar-refractivity contribution in [2.24, 2.45) is 0 Å². The van der Waals surface area contributed by atoms with Crippen LogP contribution in [-0.4, -0.2) is 17.7 Å². The summed E-state index contributed by atoms with van der Waals surface area (Å²) in [7, 11) is 0. The lowest BCUT2D eigenvalue weighted by Gasteiger charge is -2.04. The fourth-order valence-electron chi connectivity index (χ4n) is 1.05. The quantitative estimate of drug-likeness (QED) is 0.751. The summed E-state index contributed by atoms with van der Waals surface area (Å²) >= 11 is 0. The Balaban J connectivity index is 2.72. The summed E-state index contributed by atoms with van der Waals surface area (Å²) in [6, 6.07) is 3.52. The number of hydrogen-bond donors (Lipinski definition) is 1. The molecule has 76 valence electrons. The molecule has 0 aliphatic heterocycles. The molecule has 0 unspecified atom stereocenters. The number of halogens is 1. The molecule has 0 radical (unpaired) electrons. The first-order valence-electron chi connectivity index (χ1n) is 4.26. The van der Waals surface area contributed by atoms with Gasteiger partial charge in [-0.05, 0) is 13.0 Å². The van der Waals surface area contributed by atoms with E-state index in [0.29, 0.717) is 12.2 Å². The van der Waals surface area contributed by atoms with Crippen LogP contribution in [0.25, 0.3) is 0 Å². The molecule has 0 saturated heterocycles. The van der Waals surface area contributed by atoms with E-state index in [9.17, 15) is 14.3 Å². The first-order chi connectivity index (χ1) is 6.63. The van der Waals surface area contributed by atoms with Gasteiger partial charge in [-0.25, -0.2) is 4.39 Å². The van der Waals surface area contributed by atoms with Crippen molar-refractivity contribution in [3.63, 3.8) is 0 Å². The maximum atomic E-state index is 12.6. The standard InChI is InChI=1S/C10H11FO3/c1-2-14-10(13)5-7-3-4-8(11)6-9(7)12/h3-4,6,12H,2,5H2,1H3. The summed E-state index contributed by atoms with van der Waals surface area (Å²) in [5, 5.41) is 9.26. The molecule has 0 aliphatic rings. The van der Waals surface area contributed by atoms with Crippen LogP contribution in [0.15, 0.2) is 18.2 Å². The minimum absolute atomic E-state index is 0.0417. The summed E-state index contributed by atoms with van der Waals surface area (Å²) in [6.07, 6.45) is -0.0417. The van der Waals surface area contributed by atoms with Crippen LogP contribution in [0.1, 0.15) is 12.5 Å². The van der Waals surface area contributed by atoms with Crippen LogP contribution in [0.5, 0.6) is 5.75 Å². The van der Waals surface area contributed by atoms with Gasteiger partial charge in [-0.15, -0.1) is 0 Å². The Labute approximate surface area is 81.1 Å². The normalized spacial score (nSPS) is 9.86. The molecule has 0 atom stereocenters. The summed E-state index contributed by atoms with van der Waals surface area (Å²) in [4.78, 5) is 11.0. The number of esters is 1. The molecular formula is C10H11FO3. The van der Waals surface area contributed by atoms with E-state index in [4.69, 9.17) is 0 Å². The molecule has 1 rings (SSSR count). The van der Waals surface area contributed by atoms with E-state index in [1.807, 2.05) is 0 Å². The van der Waals surface area contributed by atoms with Gasteiger partial charge < -0.3 is 9.84 Å². The molecule has 3 nitrogen and oxygen atoms in total. The maximum absolute atomic E-state index is 12.6. The molecular weight excluding hydrogens is 187 g/mol. The molecule has 0 saturated carbocycles. The topological polar surface area (TPSA) is 46.5 Å². The Kier molecular flexibility index (Phi) is 3.45. The molecule has 1 aromatic carbocycles. The molecule has 4 heteroatoms. The fourth-order valence-corrected chi connectivity index (χ4v) is 1.05. The predicted octanol–water partition coefficient (Wildman–Crippen LogP) is 1.64. The minimum Gasteiger partial charge on any atom is -0.508 e. The van der Waals surface area contributed by atoms with E-state index in [0.717, 1.165) is 6.07 Å². The van der Waals surface area contributed by atoms with E-state index < -0.39 is 11.8 Å². The third kappa shape index (κ3) is 2.73. The summed E-state index contributed by atoms with van der Waals surface area (Å²) < 4.78 is 17.2. The van der Waals surface area contributed by atoms with Crippen molar-refractivity contribution in [1.82, 2.24) is 0 Å². The summed E-state index contributed by atoms with van der Waals surface area (Å²) in [6.45, 7) is 1.99. The SMILES string of the molecule is CCOC(=O)Cc1ccc(F)cc1O. The molecule has 1 aromatic rings. The number of ether oxygens (including phenoxy) is 1. The smallest absolute Gasteiger partial charge is 0.310 e. The van der Waals surface area contributed by atoms with Gasteiger partial charge in [0.2, 0.25) is 0 Å². The summed E-state index contributed by atoms with van der Waals surface area (Å²) in [5.41, 5.74) is 0.366. The number of carbonyl (C=O) groups excluding carboxylic acids is 1. The van der Waals surface area contributed by atoms with Crippen LogP contribution in [0, 0.1) is 5.82 Å². The molecule has 14 heavy (non-hydrogen) atoms. The molecule has 0 amide bonds. The zero-order valence-corrected chi connectivity index (χ0v) is 7.79. The van der Waals surface area contributed by atoms with Crippen LogP contribution in [0.3, 0.4) is 0 Å². The first kappa shape index (κ1) is 10.5. The molecule has 0 bridgehead atoms. The second-order valence-corrected chi connectivity index (χ2v) is 2.75. The minimum atomic E-state index is -0.532. The third-order valence-electron chi connectivity index (χ3n) is 1.69. The van der Waals surface area contributed by atoms with E-state index in [-0.39, 0.29) is 12.2 Å². The number of carbonyl (C=O) groups is 1. The van der Waals surface area contributed by atoms with Crippen LogP contribution in [-0.2, 0) is 16.0 Å². The van der Waals surface area contributed by atoms with Crippen molar-refractivity contribution in [3.05, 3.63) is 29.6 Å². The second kappa shape index (κ2) is 4.60. The average molecular weight is 198 g/mol. The van der Waals surface area contributed by atoms with Crippen molar-refractivity contribution in [2.75, 3.05) is 6.61 Å². The molecule has 0 spiro atoms. The van der Waals surface area contributed by atoms with E-state index in [2.05, 4.69) is 4.74 Å². The highest BCUT2D eigenvalue weighted by molar-refractivity contribution is 5.73. The number of phenolic OH excluding ortho intramolecular Hbond substituents is 1.